The molecule has 4 nitrogen and oxygen atoms in total. The molecule has 92 valence electrons. The number of hydrogen-bond donors (Lipinski definition) is 2. The second kappa shape index (κ2) is 5.16. The number of carboxylic acids is 1. The summed E-state index contributed by atoms with van der Waals surface area (Å²) in [6.07, 6.45) is -0.441. The van der Waals surface area contributed by atoms with Crippen LogP contribution in [0.1, 0.15) is 18.6 Å². The summed E-state index contributed by atoms with van der Waals surface area (Å²) in [7, 11) is 0. The first-order valence-electron chi connectivity index (χ1n) is 5.45. The van der Waals surface area contributed by atoms with Gasteiger partial charge in [0.25, 0.3) is 0 Å². The lowest BCUT2D eigenvalue weighted by atomic mass is 10.0. The van der Waals surface area contributed by atoms with Gasteiger partial charge in [0.05, 0.1) is 12.2 Å². The molecule has 0 spiro atoms. The molecule has 1 aliphatic heterocycles. The molecular weight excluding hydrogens is 286 g/mol. The Hall–Kier alpha value is -0.910. The first kappa shape index (κ1) is 12.5. The molecule has 0 aromatic heterocycles. The van der Waals surface area contributed by atoms with Crippen LogP contribution in [0.15, 0.2) is 28.7 Å². The van der Waals surface area contributed by atoms with Crippen LogP contribution >= 0.6 is 15.9 Å². The zero-order valence-electron chi connectivity index (χ0n) is 9.39. The van der Waals surface area contributed by atoms with E-state index >= 15 is 0 Å². The van der Waals surface area contributed by atoms with Gasteiger partial charge in [0.1, 0.15) is 6.04 Å². The van der Waals surface area contributed by atoms with Gasteiger partial charge in [0.15, 0.2) is 0 Å². The Morgan fingerprint density at radius 3 is 2.94 bits per heavy atom. The molecule has 0 bridgehead atoms. The van der Waals surface area contributed by atoms with Crippen LogP contribution in [0.5, 0.6) is 0 Å². The predicted octanol–water partition coefficient (Wildman–Crippen LogP) is 1.95. The minimum Gasteiger partial charge on any atom is -0.480 e. The predicted molar refractivity (Wildman–Crippen MR) is 66.9 cm³/mol. The number of nitrogens with one attached hydrogen (secondary N) is 1. The Morgan fingerprint density at radius 1 is 1.59 bits per heavy atom. The average molecular weight is 300 g/mol. The van der Waals surface area contributed by atoms with E-state index in [1.54, 1.807) is 6.92 Å². The van der Waals surface area contributed by atoms with E-state index in [1.807, 2.05) is 24.3 Å². The molecule has 2 N–H and O–H groups in total. The zero-order valence-corrected chi connectivity index (χ0v) is 11.0. The van der Waals surface area contributed by atoms with Gasteiger partial charge in [-0.25, -0.2) is 0 Å². The third-order valence-electron chi connectivity index (χ3n) is 2.86. The summed E-state index contributed by atoms with van der Waals surface area (Å²) < 4.78 is 6.73. The van der Waals surface area contributed by atoms with E-state index in [0.717, 1.165) is 10.0 Å². The van der Waals surface area contributed by atoms with Crippen LogP contribution in [0.3, 0.4) is 0 Å². The minimum atomic E-state index is -0.870. The smallest absolute Gasteiger partial charge is 0.323 e. The van der Waals surface area contributed by atoms with Crippen molar-refractivity contribution >= 4 is 21.9 Å². The third-order valence-corrected chi connectivity index (χ3v) is 3.35. The summed E-state index contributed by atoms with van der Waals surface area (Å²) >= 11 is 3.41. The largest absolute Gasteiger partial charge is 0.480 e. The van der Waals surface area contributed by atoms with E-state index < -0.39 is 12.0 Å². The quantitative estimate of drug-likeness (QED) is 0.876. The molecule has 1 heterocycles. The number of carbonyl (C=O) groups is 1. The lowest BCUT2D eigenvalue weighted by molar-refractivity contribution is -0.149. The van der Waals surface area contributed by atoms with Gasteiger partial charge in [0, 0.05) is 11.0 Å². The van der Waals surface area contributed by atoms with Crippen molar-refractivity contribution in [1.82, 2.24) is 5.32 Å². The van der Waals surface area contributed by atoms with Crippen molar-refractivity contribution in [3.05, 3.63) is 34.3 Å². The van der Waals surface area contributed by atoms with E-state index in [0.29, 0.717) is 6.54 Å². The first-order valence-corrected chi connectivity index (χ1v) is 6.24. The zero-order chi connectivity index (χ0) is 12.4. The molecule has 1 fully saturated rings. The number of aliphatic carboxylic acids is 1. The van der Waals surface area contributed by atoms with Crippen LogP contribution in [-0.4, -0.2) is 29.8 Å². The van der Waals surface area contributed by atoms with Crippen molar-refractivity contribution in [3.63, 3.8) is 0 Å². The van der Waals surface area contributed by atoms with Gasteiger partial charge in [-0.15, -0.1) is 0 Å². The highest BCUT2D eigenvalue weighted by Crippen LogP contribution is 2.25. The Morgan fingerprint density at radius 2 is 2.35 bits per heavy atom. The van der Waals surface area contributed by atoms with Gasteiger partial charge >= 0.3 is 5.97 Å². The van der Waals surface area contributed by atoms with E-state index in [4.69, 9.17) is 9.84 Å². The molecule has 1 aromatic carbocycles. The summed E-state index contributed by atoms with van der Waals surface area (Å²) in [5.41, 5.74) is 1.04. The Labute approximate surface area is 108 Å². The van der Waals surface area contributed by atoms with Crippen molar-refractivity contribution < 1.29 is 14.6 Å². The molecule has 5 heteroatoms. The number of ether oxygens (including phenoxy) is 1. The maximum atomic E-state index is 10.9. The van der Waals surface area contributed by atoms with Crippen molar-refractivity contribution in [3.8, 4) is 0 Å². The monoisotopic (exact) mass is 299 g/mol. The summed E-state index contributed by atoms with van der Waals surface area (Å²) in [5.74, 6) is -0.870. The molecule has 2 rings (SSSR count). The van der Waals surface area contributed by atoms with Gasteiger partial charge < -0.3 is 9.84 Å². The van der Waals surface area contributed by atoms with E-state index in [9.17, 15) is 4.79 Å². The summed E-state index contributed by atoms with van der Waals surface area (Å²) in [6, 6.07) is 7.23. The van der Waals surface area contributed by atoms with Crippen molar-refractivity contribution in [2.45, 2.75) is 25.2 Å². The van der Waals surface area contributed by atoms with Gasteiger partial charge in [-0.3, -0.25) is 10.1 Å². The number of rotatable bonds is 2. The van der Waals surface area contributed by atoms with Gasteiger partial charge in [-0.05, 0) is 24.6 Å². The van der Waals surface area contributed by atoms with Crippen LogP contribution in [0.4, 0.5) is 0 Å². The van der Waals surface area contributed by atoms with Gasteiger partial charge in [-0.2, -0.15) is 0 Å². The summed E-state index contributed by atoms with van der Waals surface area (Å²) in [4.78, 5) is 10.9. The fraction of sp³-hybridized carbons (Fsp3) is 0.417. The summed E-state index contributed by atoms with van der Waals surface area (Å²) in [6.45, 7) is 2.29. The molecule has 3 unspecified atom stereocenters. The fourth-order valence-corrected chi connectivity index (χ4v) is 2.39. The van der Waals surface area contributed by atoms with Gasteiger partial charge in [0.2, 0.25) is 0 Å². The molecule has 1 aromatic rings. The van der Waals surface area contributed by atoms with E-state index in [1.165, 1.54) is 0 Å². The van der Waals surface area contributed by atoms with Crippen molar-refractivity contribution in [2.24, 2.45) is 0 Å². The van der Waals surface area contributed by atoms with Crippen LogP contribution in [0, 0.1) is 0 Å². The topological polar surface area (TPSA) is 58.6 Å². The lowest BCUT2D eigenvalue weighted by Crippen LogP contribution is -2.52. The molecular formula is C12H14BrNO3. The van der Waals surface area contributed by atoms with E-state index in [2.05, 4.69) is 21.2 Å². The summed E-state index contributed by atoms with van der Waals surface area (Å²) in [5, 5.41) is 12.0. The maximum absolute atomic E-state index is 10.9. The third kappa shape index (κ3) is 2.86. The first-order chi connectivity index (χ1) is 8.08. The van der Waals surface area contributed by atoms with Crippen LogP contribution < -0.4 is 5.32 Å². The Bertz CT molecular complexity index is 424. The molecule has 1 aliphatic rings. The minimum absolute atomic E-state index is 0.0990. The fourth-order valence-electron chi connectivity index (χ4n) is 1.98. The standard InChI is InChI=1S/C12H14BrNO3/c1-7-11(12(15)16)14-6-10(17-7)8-3-2-4-9(13)5-8/h2-5,7,10-11,14H,6H2,1H3,(H,15,16). The molecule has 17 heavy (non-hydrogen) atoms. The molecule has 1 saturated heterocycles. The number of morpholine rings is 1. The highest BCUT2D eigenvalue weighted by atomic mass is 79.9. The maximum Gasteiger partial charge on any atom is 0.323 e. The lowest BCUT2D eigenvalue weighted by Gasteiger charge is -2.33. The van der Waals surface area contributed by atoms with Crippen molar-refractivity contribution in [1.29, 1.82) is 0 Å². The SMILES string of the molecule is CC1OC(c2cccc(Br)c2)CNC1C(=O)O. The van der Waals surface area contributed by atoms with Crippen molar-refractivity contribution in [2.75, 3.05) is 6.54 Å². The number of benzene rings is 1. The van der Waals surface area contributed by atoms with Crippen LogP contribution in [0.25, 0.3) is 0 Å². The molecule has 0 radical (unpaired) electrons. The molecule has 0 aliphatic carbocycles. The van der Waals surface area contributed by atoms with Crippen LogP contribution in [-0.2, 0) is 9.53 Å². The number of carboxylic acid groups (broad SMARTS) is 1. The number of halogens is 1. The highest BCUT2D eigenvalue weighted by molar-refractivity contribution is 9.10. The van der Waals surface area contributed by atoms with Gasteiger partial charge in [-0.1, -0.05) is 28.1 Å². The Balaban J connectivity index is 2.09. The Kier molecular flexibility index (Phi) is 3.81. The average Bonchev–Trinajstić information content (AvgIpc) is 2.28. The second-order valence-electron chi connectivity index (χ2n) is 4.11. The second-order valence-corrected chi connectivity index (χ2v) is 5.02. The normalized spacial score (nSPS) is 28.9. The van der Waals surface area contributed by atoms with E-state index in [-0.39, 0.29) is 12.2 Å². The molecule has 3 atom stereocenters. The van der Waals surface area contributed by atoms with Crippen LogP contribution in [0.2, 0.25) is 0 Å². The number of hydrogen-bond acceptors (Lipinski definition) is 3. The highest BCUT2D eigenvalue weighted by Gasteiger charge is 2.33. The molecule has 0 saturated carbocycles. The molecule has 0 amide bonds.